The van der Waals surface area contributed by atoms with Crippen molar-refractivity contribution in [3.05, 3.63) is 23.9 Å². The standard InChI is InChI=1S/C4H5N/c5-4-2-1-3-4/h1-3H,5H2. The first-order valence-corrected chi connectivity index (χ1v) is 1.53. The molecule has 0 aliphatic heterocycles. The van der Waals surface area contributed by atoms with Crippen LogP contribution >= 0.6 is 0 Å². The molecule has 0 unspecified atom stereocenters. The van der Waals surface area contributed by atoms with Crippen LogP contribution in [0.1, 0.15) is 0 Å². The third-order valence-corrected chi connectivity index (χ3v) is 0.577. The van der Waals surface area contributed by atoms with Crippen LogP contribution in [0.4, 0.5) is 0 Å². The molecule has 1 aliphatic carbocycles. The van der Waals surface area contributed by atoms with E-state index in [1.807, 2.05) is 18.2 Å². The molecule has 1 nitrogen and oxygen atoms in total. The zero-order chi connectivity index (χ0) is 3.70. The van der Waals surface area contributed by atoms with Gasteiger partial charge >= 0.3 is 0 Å². The summed E-state index contributed by atoms with van der Waals surface area (Å²) in [7, 11) is 0. The van der Waals surface area contributed by atoms with Crippen LogP contribution in [0.25, 0.3) is 0 Å². The Morgan fingerprint density at radius 1 is 1.60 bits per heavy atom. The summed E-state index contributed by atoms with van der Waals surface area (Å²) in [6.45, 7) is 0. The highest BCUT2D eigenvalue weighted by Gasteiger charge is 1.82. The van der Waals surface area contributed by atoms with Gasteiger partial charge in [0.15, 0.2) is 0 Å². The summed E-state index contributed by atoms with van der Waals surface area (Å²) < 4.78 is 0. The van der Waals surface area contributed by atoms with Gasteiger partial charge in [0, 0.05) is 5.70 Å². The molecule has 1 heteroatoms. The van der Waals surface area contributed by atoms with E-state index in [0.717, 1.165) is 5.70 Å². The predicted octanol–water partition coefficient (Wildman–Crippen LogP) is 0.399. The average molecular weight is 67.1 g/mol. The Hall–Kier alpha value is -0.720. The molecule has 0 radical (unpaired) electrons. The Morgan fingerprint density at radius 3 is 2.00 bits per heavy atom. The lowest BCUT2D eigenvalue weighted by Crippen LogP contribution is -1.95. The van der Waals surface area contributed by atoms with E-state index in [0.29, 0.717) is 0 Å². The summed E-state index contributed by atoms with van der Waals surface area (Å²) in [4.78, 5) is 0. The Kier molecular flexibility index (Phi) is 0.307. The Morgan fingerprint density at radius 2 is 2.00 bits per heavy atom. The summed E-state index contributed by atoms with van der Waals surface area (Å²) in [5.41, 5.74) is 6.03. The number of allylic oxidation sites excluding steroid dienone is 3. The predicted molar refractivity (Wildman–Crippen MR) is 21.4 cm³/mol. The Bertz CT molecular complexity index is 89.8. The van der Waals surface area contributed by atoms with Gasteiger partial charge < -0.3 is 5.73 Å². The number of hydrogen-bond acceptors (Lipinski definition) is 1. The topological polar surface area (TPSA) is 26.0 Å². The van der Waals surface area contributed by atoms with Gasteiger partial charge in [-0.3, -0.25) is 0 Å². The first kappa shape index (κ1) is 2.51. The lowest BCUT2D eigenvalue weighted by Gasteiger charge is -1.93. The van der Waals surface area contributed by atoms with E-state index in [-0.39, 0.29) is 0 Å². The van der Waals surface area contributed by atoms with E-state index in [1.165, 1.54) is 0 Å². The van der Waals surface area contributed by atoms with Crippen LogP contribution in [-0.2, 0) is 0 Å². The zero-order valence-corrected chi connectivity index (χ0v) is 2.81. The molecule has 26 valence electrons. The summed E-state index contributed by atoms with van der Waals surface area (Å²) >= 11 is 0. The smallest absolute Gasteiger partial charge is 0.0314 e. The minimum Gasteiger partial charge on any atom is -0.399 e. The first-order valence-electron chi connectivity index (χ1n) is 1.53. The van der Waals surface area contributed by atoms with E-state index in [2.05, 4.69) is 0 Å². The van der Waals surface area contributed by atoms with Gasteiger partial charge in [-0.1, -0.05) is 6.08 Å². The molecule has 0 aromatic rings. The maximum Gasteiger partial charge on any atom is 0.0314 e. The van der Waals surface area contributed by atoms with Crippen molar-refractivity contribution in [1.29, 1.82) is 0 Å². The quantitative estimate of drug-likeness (QED) is 0.436. The molecule has 0 heterocycles. The van der Waals surface area contributed by atoms with Gasteiger partial charge in [-0.05, 0) is 12.2 Å². The first-order chi connectivity index (χ1) is 2.39. The summed E-state index contributed by atoms with van der Waals surface area (Å²) in [5, 5.41) is 0. The van der Waals surface area contributed by atoms with Crippen LogP contribution in [0, 0.1) is 0 Å². The molecule has 0 saturated heterocycles. The maximum atomic E-state index is 5.15. The molecule has 1 aliphatic rings. The SMILES string of the molecule is NC1=CC=C1. The van der Waals surface area contributed by atoms with E-state index < -0.39 is 0 Å². The number of rotatable bonds is 0. The van der Waals surface area contributed by atoms with Crippen molar-refractivity contribution >= 4 is 0 Å². The second-order valence-electron chi connectivity index (χ2n) is 1.03. The van der Waals surface area contributed by atoms with Gasteiger partial charge in [-0.2, -0.15) is 0 Å². The molecule has 0 bridgehead atoms. The number of hydrogen-bond donors (Lipinski definition) is 1. The molecule has 0 saturated carbocycles. The highest BCUT2D eigenvalue weighted by atomic mass is 14.6. The highest BCUT2D eigenvalue weighted by Crippen LogP contribution is 1.96. The lowest BCUT2D eigenvalue weighted by molar-refractivity contribution is 1.38. The van der Waals surface area contributed by atoms with Crippen molar-refractivity contribution in [2.24, 2.45) is 5.73 Å². The van der Waals surface area contributed by atoms with Crippen molar-refractivity contribution < 1.29 is 0 Å². The summed E-state index contributed by atoms with van der Waals surface area (Å²) in [6.07, 6.45) is 5.63. The highest BCUT2D eigenvalue weighted by molar-refractivity contribution is 5.31. The van der Waals surface area contributed by atoms with Crippen LogP contribution in [0.3, 0.4) is 0 Å². The monoisotopic (exact) mass is 67.0 g/mol. The van der Waals surface area contributed by atoms with Crippen molar-refractivity contribution in [2.45, 2.75) is 0 Å². The normalized spacial score (nSPS) is 17.2. The average Bonchev–Trinajstić information content (AvgIpc) is 1.30. The summed E-state index contributed by atoms with van der Waals surface area (Å²) in [6, 6.07) is 0. The molecular formula is C4H5N. The molecule has 0 atom stereocenters. The third-order valence-electron chi connectivity index (χ3n) is 0.577. The van der Waals surface area contributed by atoms with Gasteiger partial charge in [-0.25, -0.2) is 0 Å². The van der Waals surface area contributed by atoms with Crippen LogP contribution in [0.15, 0.2) is 23.9 Å². The van der Waals surface area contributed by atoms with Gasteiger partial charge in [-0.15, -0.1) is 0 Å². The van der Waals surface area contributed by atoms with Crippen molar-refractivity contribution in [2.75, 3.05) is 0 Å². The fraction of sp³-hybridized carbons (Fsp3) is 0. The van der Waals surface area contributed by atoms with Crippen molar-refractivity contribution in [3.63, 3.8) is 0 Å². The van der Waals surface area contributed by atoms with Crippen molar-refractivity contribution in [1.82, 2.24) is 0 Å². The van der Waals surface area contributed by atoms with Gasteiger partial charge in [0.1, 0.15) is 0 Å². The van der Waals surface area contributed by atoms with Crippen LogP contribution < -0.4 is 5.73 Å². The zero-order valence-electron chi connectivity index (χ0n) is 2.81. The van der Waals surface area contributed by atoms with Crippen LogP contribution in [-0.4, -0.2) is 0 Å². The minimum atomic E-state index is 0.880. The second kappa shape index (κ2) is 0.612. The Balaban J connectivity index is 2.60. The summed E-state index contributed by atoms with van der Waals surface area (Å²) in [5.74, 6) is 0. The Labute approximate surface area is 30.8 Å². The fourth-order valence-corrected chi connectivity index (χ4v) is 0.207. The van der Waals surface area contributed by atoms with E-state index >= 15 is 0 Å². The number of nitrogens with two attached hydrogens (primary N) is 1. The van der Waals surface area contributed by atoms with E-state index in [4.69, 9.17) is 5.73 Å². The molecule has 0 aromatic heterocycles. The molecular weight excluding hydrogens is 62.1 g/mol. The van der Waals surface area contributed by atoms with E-state index in [9.17, 15) is 0 Å². The van der Waals surface area contributed by atoms with E-state index in [1.54, 1.807) is 0 Å². The second-order valence-corrected chi connectivity index (χ2v) is 1.03. The fourth-order valence-electron chi connectivity index (χ4n) is 0.207. The molecule has 1 rings (SSSR count). The van der Waals surface area contributed by atoms with Gasteiger partial charge in [0.2, 0.25) is 0 Å². The molecule has 0 fully saturated rings. The van der Waals surface area contributed by atoms with Crippen molar-refractivity contribution in [3.8, 4) is 0 Å². The molecule has 0 amide bonds. The van der Waals surface area contributed by atoms with Crippen LogP contribution in [0.5, 0.6) is 0 Å². The molecule has 0 aromatic carbocycles. The largest absolute Gasteiger partial charge is 0.399 e. The molecule has 0 spiro atoms. The van der Waals surface area contributed by atoms with Gasteiger partial charge in [0.05, 0.1) is 0 Å². The molecule has 5 heavy (non-hydrogen) atoms. The lowest BCUT2D eigenvalue weighted by atomic mass is 10.2. The minimum absolute atomic E-state index is 0.880. The maximum absolute atomic E-state index is 5.15. The van der Waals surface area contributed by atoms with Gasteiger partial charge in [0.25, 0.3) is 0 Å². The third kappa shape index (κ3) is 0.193. The van der Waals surface area contributed by atoms with Crippen LogP contribution in [0.2, 0.25) is 0 Å². The molecule has 2 N–H and O–H groups in total.